The molecule has 0 aromatic heterocycles. The van der Waals surface area contributed by atoms with Crippen LogP contribution in [0.25, 0.3) is 6.08 Å². The van der Waals surface area contributed by atoms with Gasteiger partial charge >= 0.3 is 5.97 Å². The van der Waals surface area contributed by atoms with Gasteiger partial charge in [0.1, 0.15) is 6.61 Å². The monoisotopic (exact) mass is 441 g/mol. The third kappa shape index (κ3) is 5.46. The molecule has 1 aliphatic heterocycles. The van der Waals surface area contributed by atoms with Crippen molar-refractivity contribution < 1.29 is 29.0 Å². The van der Waals surface area contributed by atoms with Crippen molar-refractivity contribution in [1.82, 2.24) is 4.90 Å². The molecule has 0 spiro atoms. The lowest BCUT2D eigenvalue weighted by molar-refractivity contribution is -0.122. The molecule has 0 bridgehead atoms. The molecule has 0 radical (unpaired) electrons. The van der Waals surface area contributed by atoms with Gasteiger partial charge in [0.25, 0.3) is 11.1 Å². The molecular weight excluding hydrogens is 418 g/mol. The number of hydrogen-bond donors (Lipinski definition) is 1. The van der Waals surface area contributed by atoms with E-state index in [0.29, 0.717) is 36.0 Å². The molecule has 31 heavy (non-hydrogen) atoms. The van der Waals surface area contributed by atoms with E-state index < -0.39 is 5.97 Å². The highest BCUT2D eigenvalue weighted by molar-refractivity contribution is 8.18. The third-order valence-corrected chi connectivity index (χ3v) is 5.39. The van der Waals surface area contributed by atoms with Gasteiger partial charge in [-0.15, -0.1) is 0 Å². The van der Waals surface area contributed by atoms with Crippen molar-refractivity contribution in [2.75, 3.05) is 13.2 Å². The fourth-order valence-electron chi connectivity index (χ4n) is 2.97. The number of nitrogens with zero attached hydrogens (tertiary/aromatic N) is 1. The number of imide groups is 1. The van der Waals surface area contributed by atoms with Crippen molar-refractivity contribution in [2.24, 2.45) is 0 Å². The molecule has 0 aliphatic carbocycles. The number of carbonyl (C=O) groups excluding carboxylic acids is 2. The van der Waals surface area contributed by atoms with Crippen LogP contribution >= 0.6 is 11.8 Å². The number of hydrogen-bond acceptors (Lipinski definition) is 6. The standard InChI is InChI=1S/C23H23NO6S/c1-3-11-24-21(25)20(31-23(24)28)13-16-7-10-18(19(12-16)29-4-2)30-14-15-5-8-17(9-6-15)22(26)27/h5-10,12-13H,3-4,11,14H2,1-2H3,(H,26,27)/b20-13+. The van der Waals surface area contributed by atoms with Gasteiger partial charge in [-0.2, -0.15) is 0 Å². The number of thioether (sulfide) groups is 1. The SMILES string of the molecule is CCCN1C(=O)S/C(=C/c2ccc(OCc3ccc(C(=O)O)cc3)c(OCC)c2)C1=O. The number of carboxylic acids is 1. The molecular formula is C23H23NO6S. The van der Waals surface area contributed by atoms with Crippen molar-refractivity contribution >= 4 is 35.0 Å². The highest BCUT2D eigenvalue weighted by atomic mass is 32.2. The van der Waals surface area contributed by atoms with Crippen LogP contribution in [0, 0.1) is 0 Å². The van der Waals surface area contributed by atoms with Crippen LogP contribution in [0.4, 0.5) is 4.79 Å². The highest BCUT2D eigenvalue weighted by Gasteiger charge is 2.34. The van der Waals surface area contributed by atoms with Crippen LogP contribution in [0.5, 0.6) is 11.5 Å². The first-order chi connectivity index (χ1) is 14.9. The zero-order chi connectivity index (χ0) is 22.4. The van der Waals surface area contributed by atoms with Crippen molar-refractivity contribution in [1.29, 1.82) is 0 Å². The first-order valence-corrected chi connectivity index (χ1v) is 10.7. The number of carboxylic acid groups (broad SMARTS) is 1. The summed E-state index contributed by atoms with van der Waals surface area (Å²) in [6, 6.07) is 11.8. The van der Waals surface area contributed by atoms with Crippen LogP contribution in [-0.2, 0) is 11.4 Å². The van der Waals surface area contributed by atoms with Gasteiger partial charge in [0.05, 0.1) is 17.1 Å². The van der Waals surface area contributed by atoms with E-state index in [1.807, 2.05) is 13.8 Å². The largest absolute Gasteiger partial charge is 0.490 e. The number of rotatable bonds is 9. The van der Waals surface area contributed by atoms with Gasteiger partial charge in [0.2, 0.25) is 0 Å². The summed E-state index contributed by atoms with van der Waals surface area (Å²) < 4.78 is 11.5. The summed E-state index contributed by atoms with van der Waals surface area (Å²) >= 11 is 0.935. The molecule has 1 heterocycles. The molecule has 3 rings (SSSR count). The second-order valence-corrected chi connectivity index (χ2v) is 7.76. The molecule has 0 unspecified atom stereocenters. The predicted molar refractivity (Wildman–Crippen MR) is 118 cm³/mol. The lowest BCUT2D eigenvalue weighted by Gasteiger charge is -2.13. The summed E-state index contributed by atoms with van der Waals surface area (Å²) in [6.45, 7) is 4.86. The van der Waals surface area contributed by atoms with Gasteiger partial charge in [-0.05, 0) is 66.6 Å². The van der Waals surface area contributed by atoms with Crippen LogP contribution < -0.4 is 9.47 Å². The summed E-state index contributed by atoms with van der Waals surface area (Å²) in [5.74, 6) is -0.208. The second-order valence-electron chi connectivity index (χ2n) is 6.76. The van der Waals surface area contributed by atoms with Crippen LogP contribution in [0.15, 0.2) is 47.4 Å². The maximum absolute atomic E-state index is 12.4. The fourth-order valence-corrected chi connectivity index (χ4v) is 3.84. The maximum Gasteiger partial charge on any atom is 0.335 e. The summed E-state index contributed by atoms with van der Waals surface area (Å²) in [6.07, 6.45) is 2.39. The van der Waals surface area contributed by atoms with Crippen molar-refractivity contribution in [2.45, 2.75) is 26.9 Å². The maximum atomic E-state index is 12.4. The van der Waals surface area contributed by atoms with E-state index in [-0.39, 0.29) is 23.3 Å². The molecule has 2 aromatic carbocycles. The topological polar surface area (TPSA) is 93.1 Å². The Kier molecular flexibility index (Phi) is 7.36. The van der Waals surface area contributed by atoms with Crippen molar-refractivity contribution in [3.8, 4) is 11.5 Å². The minimum Gasteiger partial charge on any atom is -0.490 e. The quantitative estimate of drug-likeness (QED) is 0.558. The lowest BCUT2D eigenvalue weighted by Crippen LogP contribution is -2.28. The average molecular weight is 442 g/mol. The van der Waals surface area contributed by atoms with Crippen molar-refractivity contribution in [3.05, 3.63) is 64.1 Å². The zero-order valence-electron chi connectivity index (χ0n) is 17.3. The summed E-state index contributed by atoms with van der Waals surface area (Å²) in [5, 5.41) is 8.73. The molecule has 0 atom stereocenters. The molecule has 1 N–H and O–H groups in total. The third-order valence-electron chi connectivity index (χ3n) is 4.48. The number of ether oxygens (including phenoxy) is 2. The Morgan fingerprint density at radius 1 is 1.06 bits per heavy atom. The first-order valence-electron chi connectivity index (χ1n) is 9.90. The van der Waals surface area contributed by atoms with E-state index in [2.05, 4.69) is 0 Å². The Morgan fingerprint density at radius 3 is 2.45 bits per heavy atom. The Morgan fingerprint density at radius 2 is 1.81 bits per heavy atom. The summed E-state index contributed by atoms with van der Waals surface area (Å²) in [5.41, 5.74) is 1.76. The van der Waals surface area contributed by atoms with E-state index in [1.165, 1.54) is 17.0 Å². The number of aromatic carboxylic acids is 1. The molecule has 0 saturated carbocycles. The van der Waals surface area contributed by atoms with Gasteiger partial charge in [-0.1, -0.05) is 25.1 Å². The lowest BCUT2D eigenvalue weighted by atomic mass is 10.1. The van der Waals surface area contributed by atoms with Crippen molar-refractivity contribution in [3.63, 3.8) is 0 Å². The van der Waals surface area contributed by atoms with Gasteiger partial charge < -0.3 is 14.6 Å². The fraction of sp³-hybridized carbons (Fsp3) is 0.261. The number of amides is 2. The normalized spacial score (nSPS) is 14.9. The Hall–Kier alpha value is -3.26. The molecule has 1 saturated heterocycles. The van der Waals surface area contributed by atoms with Crippen LogP contribution in [0.2, 0.25) is 0 Å². The van der Waals surface area contributed by atoms with E-state index >= 15 is 0 Å². The van der Waals surface area contributed by atoms with Gasteiger partial charge in [-0.25, -0.2) is 4.79 Å². The smallest absolute Gasteiger partial charge is 0.335 e. The Bertz CT molecular complexity index is 1020. The zero-order valence-corrected chi connectivity index (χ0v) is 18.1. The molecule has 2 aromatic rings. The Balaban J connectivity index is 1.76. The number of benzene rings is 2. The van der Waals surface area contributed by atoms with Crippen LogP contribution in [-0.4, -0.2) is 40.3 Å². The Labute approximate surface area is 184 Å². The van der Waals surface area contributed by atoms with Crippen LogP contribution in [0.1, 0.15) is 41.8 Å². The molecule has 8 heteroatoms. The summed E-state index contributed by atoms with van der Waals surface area (Å²) in [7, 11) is 0. The number of carbonyl (C=O) groups is 3. The van der Waals surface area contributed by atoms with Crippen LogP contribution in [0.3, 0.4) is 0 Å². The van der Waals surface area contributed by atoms with E-state index in [4.69, 9.17) is 14.6 Å². The second kappa shape index (κ2) is 10.2. The first kappa shape index (κ1) is 22.4. The minimum atomic E-state index is -0.978. The van der Waals surface area contributed by atoms with Gasteiger partial charge in [-0.3, -0.25) is 14.5 Å². The van der Waals surface area contributed by atoms with E-state index in [1.54, 1.807) is 36.4 Å². The van der Waals surface area contributed by atoms with E-state index in [9.17, 15) is 14.4 Å². The average Bonchev–Trinajstić information content (AvgIpc) is 3.01. The summed E-state index contributed by atoms with van der Waals surface area (Å²) in [4.78, 5) is 37.1. The molecule has 1 aliphatic rings. The molecule has 162 valence electrons. The van der Waals surface area contributed by atoms with Gasteiger partial charge in [0, 0.05) is 6.54 Å². The van der Waals surface area contributed by atoms with Gasteiger partial charge in [0.15, 0.2) is 11.5 Å². The highest BCUT2D eigenvalue weighted by Crippen LogP contribution is 2.35. The molecule has 2 amide bonds. The minimum absolute atomic E-state index is 0.214. The molecule has 7 nitrogen and oxygen atoms in total. The molecule has 1 fully saturated rings. The van der Waals surface area contributed by atoms with E-state index in [0.717, 1.165) is 22.9 Å². The predicted octanol–water partition coefficient (Wildman–Crippen LogP) is 4.81.